The van der Waals surface area contributed by atoms with E-state index in [0.717, 1.165) is 27.9 Å². The lowest BCUT2D eigenvalue weighted by atomic mass is 10.00. The van der Waals surface area contributed by atoms with Crippen molar-refractivity contribution in [1.82, 2.24) is 4.57 Å². The third-order valence-corrected chi connectivity index (χ3v) is 4.43. The Morgan fingerprint density at radius 1 is 0.708 bits per heavy atom. The van der Waals surface area contributed by atoms with Gasteiger partial charge in [0.25, 0.3) is 0 Å². The van der Waals surface area contributed by atoms with Gasteiger partial charge in [0.15, 0.2) is 23.0 Å². The fraction of sp³-hybridized carbons (Fsp3) is 0.0526. The van der Waals surface area contributed by atoms with Crippen LogP contribution in [0.25, 0.3) is 32.9 Å². The maximum absolute atomic E-state index is 10.1. The first-order chi connectivity index (χ1) is 11.5. The van der Waals surface area contributed by atoms with Crippen LogP contribution in [0.3, 0.4) is 0 Å². The SMILES string of the molecule is Cn1c2ccccc2c2cc(-c3c(O)c(O)cc(O)c3O)ccc21. The Morgan fingerprint density at radius 2 is 1.33 bits per heavy atom. The largest absolute Gasteiger partial charge is 0.504 e. The molecule has 120 valence electrons. The summed E-state index contributed by atoms with van der Waals surface area (Å²) in [5.74, 6) is -1.91. The molecule has 5 heteroatoms. The summed E-state index contributed by atoms with van der Waals surface area (Å²) in [4.78, 5) is 0. The standard InChI is InChI=1S/C19H15NO4/c1-20-13-5-3-2-4-11(13)12-8-10(6-7-14(12)20)17-18(23)15(21)9-16(22)19(17)24/h2-9,21-24H,1H3. The number of nitrogens with zero attached hydrogens (tertiary/aromatic N) is 1. The van der Waals surface area contributed by atoms with Gasteiger partial charge in [-0.05, 0) is 23.8 Å². The first-order valence-electron chi connectivity index (χ1n) is 7.43. The van der Waals surface area contributed by atoms with Gasteiger partial charge in [0, 0.05) is 34.9 Å². The van der Waals surface area contributed by atoms with E-state index in [9.17, 15) is 20.4 Å². The smallest absolute Gasteiger partial charge is 0.169 e. The van der Waals surface area contributed by atoms with Crippen LogP contribution in [-0.2, 0) is 7.05 Å². The third-order valence-electron chi connectivity index (χ3n) is 4.43. The molecule has 0 aliphatic heterocycles. The molecular weight excluding hydrogens is 306 g/mol. The molecule has 24 heavy (non-hydrogen) atoms. The van der Waals surface area contributed by atoms with E-state index in [1.165, 1.54) is 0 Å². The molecule has 0 bridgehead atoms. The number of phenols is 4. The normalized spacial score (nSPS) is 11.4. The molecule has 5 nitrogen and oxygen atoms in total. The number of para-hydroxylation sites is 1. The fourth-order valence-corrected chi connectivity index (χ4v) is 3.23. The van der Waals surface area contributed by atoms with Crippen LogP contribution in [0.4, 0.5) is 0 Å². The Morgan fingerprint density at radius 3 is 2.04 bits per heavy atom. The van der Waals surface area contributed by atoms with Crippen LogP contribution in [0.2, 0.25) is 0 Å². The highest BCUT2D eigenvalue weighted by molar-refractivity contribution is 6.09. The number of fused-ring (bicyclic) bond motifs is 3. The number of hydrogen-bond donors (Lipinski definition) is 4. The van der Waals surface area contributed by atoms with Gasteiger partial charge in [0.1, 0.15) is 0 Å². The second-order valence-corrected chi connectivity index (χ2v) is 5.80. The Bertz CT molecular complexity index is 1090. The average Bonchev–Trinajstić information content (AvgIpc) is 2.86. The van der Waals surface area contributed by atoms with Gasteiger partial charge < -0.3 is 25.0 Å². The minimum Gasteiger partial charge on any atom is -0.504 e. The summed E-state index contributed by atoms with van der Waals surface area (Å²) >= 11 is 0. The molecule has 0 amide bonds. The van der Waals surface area contributed by atoms with Crippen LogP contribution in [0.5, 0.6) is 23.0 Å². The van der Waals surface area contributed by atoms with Crippen LogP contribution in [0, 0.1) is 0 Å². The molecule has 0 radical (unpaired) electrons. The average molecular weight is 321 g/mol. The van der Waals surface area contributed by atoms with Gasteiger partial charge in [0.2, 0.25) is 0 Å². The second kappa shape index (κ2) is 4.83. The van der Waals surface area contributed by atoms with E-state index in [1.54, 1.807) is 6.07 Å². The third kappa shape index (κ3) is 1.81. The number of aromatic nitrogens is 1. The predicted octanol–water partition coefficient (Wildman–Crippen LogP) is 3.82. The van der Waals surface area contributed by atoms with Crippen molar-refractivity contribution in [3.63, 3.8) is 0 Å². The number of benzene rings is 3. The van der Waals surface area contributed by atoms with Crippen LogP contribution in [0.15, 0.2) is 48.5 Å². The maximum Gasteiger partial charge on any atom is 0.169 e. The Hall–Kier alpha value is -3.34. The van der Waals surface area contributed by atoms with Crippen molar-refractivity contribution in [2.24, 2.45) is 7.05 Å². The molecule has 4 N–H and O–H groups in total. The van der Waals surface area contributed by atoms with Gasteiger partial charge in [-0.3, -0.25) is 0 Å². The molecule has 0 atom stereocenters. The Balaban J connectivity index is 2.09. The van der Waals surface area contributed by atoms with Gasteiger partial charge in [-0.25, -0.2) is 0 Å². The quantitative estimate of drug-likeness (QED) is 0.317. The lowest BCUT2D eigenvalue weighted by molar-refractivity contribution is 0.375. The zero-order chi connectivity index (χ0) is 17.0. The van der Waals surface area contributed by atoms with Crippen LogP contribution in [-0.4, -0.2) is 25.0 Å². The first-order valence-corrected chi connectivity index (χ1v) is 7.43. The number of rotatable bonds is 1. The van der Waals surface area contributed by atoms with Gasteiger partial charge in [0.05, 0.1) is 5.56 Å². The molecule has 0 aliphatic carbocycles. The molecule has 4 rings (SSSR count). The molecule has 0 aliphatic rings. The predicted molar refractivity (Wildman–Crippen MR) is 92.5 cm³/mol. The van der Waals surface area contributed by atoms with Crippen molar-refractivity contribution in [3.05, 3.63) is 48.5 Å². The Labute approximate surface area is 137 Å². The van der Waals surface area contributed by atoms with Crippen LogP contribution >= 0.6 is 0 Å². The van der Waals surface area contributed by atoms with Gasteiger partial charge >= 0.3 is 0 Å². The van der Waals surface area contributed by atoms with Gasteiger partial charge in [-0.15, -0.1) is 0 Å². The summed E-state index contributed by atoms with van der Waals surface area (Å²) in [6.07, 6.45) is 0. The molecular formula is C19H15NO4. The second-order valence-electron chi connectivity index (χ2n) is 5.80. The van der Waals surface area contributed by atoms with Crippen molar-refractivity contribution in [1.29, 1.82) is 0 Å². The molecule has 0 unspecified atom stereocenters. The summed E-state index contributed by atoms with van der Waals surface area (Å²) in [5.41, 5.74) is 2.57. The summed E-state index contributed by atoms with van der Waals surface area (Å²) in [5, 5.41) is 41.7. The maximum atomic E-state index is 10.1. The lowest BCUT2D eigenvalue weighted by Crippen LogP contribution is -1.87. The van der Waals surface area contributed by atoms with Crippen molar-refractivity contribution in [2.75, 3.05) is 0 Å². The number of hydrogen-bond acceptors (Lipinski definition) is 4. The summed E-state index contributed by atoms with van der Waals surface area (Å²) < 4.78 is 2.06. The summed E-state index contributed by atoms with van der Waals surface area (Å²) in [6.45, 7) is 0. The van der Waals surface area contributed by atoms with E-state index >= 15 is 0 Å². The summed E-state index contributed by atoms with van der Waals surface area (Å²) in [7, 11) is 1.97. The van der Waals surface area contributed by atoms with Gasteiger partial charge in [-0.1, -0.05) is 24.3 Å². The lowest BCUT2D eigenvalue weighted by Gasteiger charge is -2.11. The van der Waals surface area contributed by atoms with Gasteiger partial charge in [-0.2, -0.15) is 0 Å². The molecule has 0 saturated carbocycles. The first kappa shape index (κ1) is 14.3. The van der Waals surface area contributed by atoms with Crippen molar-refractivity contribution < 1.29 is 20.4 Å². The highest BCUT2D eigenvalue weighted by atomic mass is 16.3. The summed E-state index contributed by atoms with van der Waals surface area (Å²) in [6, 6.07) is 14.3. The fourth-order valence-electron chi connectivity index (χ4n) is 3.23. The van der Waals surface area contributed by atoms with Crippen LogP contribution in [0.1, 0.15) is 0 Å². The van der Waals surface area contributed by atoms with E-state index < -0.39 is 23.0 Å². The number of aromatic hydroxyl groups is 4. The van der Waals surface area contributed by atoms with Crippen molar-refractivity contribution in [2.45, 2.75) is 0 Å². The Kier molecular flexibility index (Phi) is 2.87. The highest BCUT2D eigenvalue weighted by Gasteiger charge is 2.19. The molecule has 1 heterocycles. The number of phenolic OH excluding ortho intramolecular Hbond substituents is 4. The van der Waals surface area contributed by atoms with E-state index in [-0.39, 0.29) is 5.56 Å². The van der Waals surface area contributed by atoms with E-state index in [2.05, 4.69) is 4.57 Å². The molecule has 1 aromatic heterocycles. The highest BCUT2D eigenvalue weighted by Crippen LogP contribution is 2.48. The molecule has 3 aromatic carbocycles. The zero-order valence-electron chi connectivity index (χ0n) is 12.9. The number of aryl methyl sites for hydroxylation is 1. The molecule has 0 saturated heterocycles. The van der Waals surface area contributed by atoms with Crippen molar-refractivity contribution >= 4 is 21.8 Å². The molecule has 4 aromatic rings. The van der Waals surface area contributed by atoms with Crippen LogP contribution < -0.4 is 0 Å². The van der Waals surface area contributed by atoms with E-state index in [0.29, 0.717) is 5.56 Å². The minimum atomic E-state index is -0.488. The molecule has 0 fully saturated rings. The zero-order valence-corrected chi connectivity index (χ0v) is 12.9. The van der Waals surface area contributed by atoms with Crippen molar-refractivity contribution in [3.8, 4) is 34.1 Å². The monoisotopic (exact) mass is 321 g/mol. The topological polar surface area (TPSA) is 85.9 Å². The van der Waals surface area contributed by atoms with E-state index in [1.807, 2.05) is 43.4 Å². The minimum absolute atomic E-state index is 0.00216. The molecule has 0 spiro atoms. The van der Waals surface area contributed by atoms with E-state index in [4.69, 9.17) is 0 Å².